The summed E-state index contributed by atoms with van der Waals surface area (Å²) in [4.78, 5) is 0. The highest BCUT2D eigenvalue weighted by Gasteiger charge is 2.47. The van der Waals surface area contributed by atoms with Crippen molar-refractivity contribution in [2.75, 3.05) is 13.2 Å². The standard InChI is InChI=1S/C36H72O9S/c1-3-5-7-9-11-13-15-17-19-21-23-25-27-31(28-26-24-22-20-18-16-14-12-10-8-6-4-2)30-43-36-34(39)35(45-46(40,41)42)33(38)32(29-37)44-36/h31-39H,3-30H2,1-2H3,(H,40,41,42)/t32-,33+,34-,35+,36+/m1/s1. The van der Waals surface area contributed by atoms with Gasteiger partial charge in [-0.3, -0.25) is 4.55 Å². The van der Waals surface area contributed by atoms with Gasteiger partial charge in [0, 0.05) is 0 Å². The first-order chi connectivity index (χ1) is 22.2. The summed E-state index contributed by atoms with van der Waals surface area (Å²) in [7, 11) is -4.95. The summed E-state index contributed by atoms with van der Waals surface area (Å²) in [6.07, 6.45) is 25.5. The van der Waals surface area contributed by atoms with Crippen molar-refractivity contribution in [2.24, 2.45) is 5.92 Å². The van der Waals surface area contributed by atoms with E-state index in [0.717, 1.165) is 25.7 Å². The van der Waals surface area contributed by atoms with Gasteiger partial charge in [-0.15, -0.1) is 0 Å². The van der Waals surface area contributed by atoms with Gasteiger partial charge in [-0.2, -0.15) is 8.42 Å². The van der Waals surface area contributed by atoms with Gasteiger partial charge in [0.05, 0.1) is 13.2 Å². The first-order valence-electron chi connectivity index (χ1n) is 19.1. The number of rotatable bonds is 32. The van der Waals surface area contributed by atoms with Crippen molar-refractivity contribution < 1.29 is 41.9 Å². The van der Waals surface area contributed by atoms with Crippen LogP contribution in [0.1, 0.15) is 181 Å². The fraction of sp³-hybridized carbons (Fsp3) is 1.00. The second-order valence-electron chi connectivity index (χ2n) is 13.8. The molecule has 0 aromatic carbocycles. The average molecular weight is 681 g/mol. The molecule has 0 aromatic heterocycles. The molecule has 10 heteroatoms. The maximum absolute atomic E-state index is 11.3. The second kappa shape index (κ2) is 28.5. The predicted octanol–water partition coefficient (Wildman–Crippen LogP) is 8.43. The first-order valence-corrected chi connectivity index (χ1v) is 20.5. The van der Waals surface area contributed by atoms with E-state index >= 15 is 0 Å². The SMILES string of the molecule is CCCCCCCCCCCCCCC(CCCCCCCCCCCCCC)CO[C@H]1O[C@H](CO)[C@H](O)[C@H](OS(=O)(=O)O)[C@H]1O. The molecule has 0 unspecified atom stereocenters. The molecule has 0 spiro atoms. The number of ether oxygens (including phenoxy) is 2. The van der Waals surface area contributed by atoms with Gasteiger partial charge in [0.2, 0.25) is 0 Å². The van der Waals surface area contributed by atoms with E-state index in [2.05, 4.69) is 18.0 Å². The lowest BCUT2D eigenvalue weighted by Crippen LogP contribution is -2.60. The number of hydrogen-bond acceptors (Lipinski definition) is 8. The van der Waals surface area contributed by atoms with Crippen LogP contribution in [-0.2, 0) is 24.1 Å². The van der Waals surface area contributed by atoms with E-state index in [4.69, 9.17) is 14.0 Å². The fourth-order valence-corrected chi connectivity index (χ4v) is 7.04. The molecule has 9 nitrogen and oxygen atoms in total. The highest BCUT2D eigenvalue weighted by atomic mass is 32.3. The predicted molar refractivity (Wildman–Crippen MR) is 185 cm³/mol. The second-order valence-corrected chi connectivity index (χ2v) is 14.8. The van der Waals surface area contributed by atoms with E-state index in [1.54, 1.807) is 0 Å². The van der Waals surface area contributed by atoms with Crippen LogP contribution in [0.4, 0.5) is 0 Å². The van der Waals surface area contributed by atoms with Crippen LogP contribution >= 0.6 is 0 Å². The van der Waals surface area contributed by atoms with E-state index in [9.17, 15) is 23.7 Å². The Balaban J connectivity index is 2.46. The van der Waals surface area contributed by atoms with Crippen molar-refractivity contribution in [2.45, 2.75) is 211 Å². The smallest absolute Gasteiger partial charge is 0.394 e. The van der Waals surface area contributed by atoms with Crippen LogP contribution in [0, 0.1) is 5.92 Å². The maximum Gasteiger partial charge on any atom is 0.397 e. The molecular weight excluding hydrogens is 608 g/mol. The van der Waals surface area contributed by atoms with Crippen molar-refractivity contribution in [1.29, 1.82) is 0 Å². The molecule has 0 aromatic rings. The minimum absolute atomic E-state index is 0.252. The van der Waals surface area contributed by atoms with E-state index in [1.165, 1.54) is 141 Å². The Labute approximate surface area is 282 Å². The Morgan fingerprint density at radius 1 is 0.609 bits per heavy atom. The van der Waals surface area contributed by atoms with Gasteiger partial charge < -0.3 is 24.8 Å². The summed E-state index contributed by atoms with van der Waals surface area (Å²) in [5.41, 5.74) is 0. The summed E-state index contributed by atoms with van der Waals surface area (Å²) >= 11 is 0. The number of unbranched alkanes of at least 4 members (excludes halogenated alkanes) is 22. The lowest BCUT2D eigenvalue weighted by molar-refractivity contribution is -0.299. The summed E-state index contributed by atoms with van der Waals surface area (Å²) in [6, 6.07) is 0. The minimum atomic E-state index is -4.95. The zero-order valence-corrected chi connectivity index (χ0v) is 30.3. The summed E-state index contributed by atoms with van der Waals surface area (Å²) in [5.74, 6) is 0.252. The summed E-state index contributed by atoms with van der Waals surface area (Å²) in [6.45, 7) is 4.19. The number of aliphatic hydroxyl groups is 3. The average Bonchev–Trinajstić information content (AvgIpc) is 3.02. The monoisotopic (exact) mass is 680 g/mol. The van der Waals surface area contributed by atoms with E-state index in [-0.39, 0.29) is 5.92 Å². The van der Waals surface area contributed by atoms with Crippen molar-refractivity contribution in [1.82, 2.24) is 0 Å². The van der Waals surface area contributed by atoms with Gasteiger partial charge in [-0.05, 0) is 18.8 Å². The van der Waals surface area contributed by atoms with Crippen molar-refractivity contribution >= 4 is 10.4 Å². The van der Waals surface area contributed by atoms with Crippen LogP contribution in [0.5, 0.6) is 0 Å². The molecule has 1 heterocycles. The molecule has 4 N–H and O–H groups in total. The molecule has 46 heavy (non-hydrogen) atoms. The normalized spacial score (nSPS) is 22.2. The van der Waals surface area contributed by atoms with Crippen LogP contribution in [0.2, 0.25) is 0 Å². The van der Waals surface area contributed by atoms with Gasteiger partial charge in [0.1, 0.15) is 24.4 Å². The van der Waals surface area contributed by atoms with E-state index in [0.29, 0.717) is 6.61 Å². The van der Waals surface area contributed by atoms with Gasteiger partial charge in [-0.1, -0.05) is 168 Å². The Morgan fingerprint density at radius 3 is 1.33 bits per heavy atom. The minimum Gasteiger partial charge on any atom is -0.394 e. The molecule has 5 atom stereocenters. The van der Waals surface area contributed by atoms with Gasteiger partial charge in [0.25, 0.3) is 0 Å². The molecule has 276 valence electrons. The summed E-state index contributed by atoms with van der Waals surface area (Å²) < 4.78 is 47.8. The van der Waals surface area contributed by atoms with Gasteiger partial charge >= 0.3 is 10.4 Å². The zero-order chi connectivity index (χ0) is 33.9. The van der Waals surface area contributed by atoms with E-state index < -0.39 is 47.7 Å². The quantitative estimate of drug-likeness (QED) is 0.0407. The molecule has 1 fully saturated rings. The topological polar surface area (TPSA) is 143 Å². The van der Waals surface area contributed by atoms with Crippen LogP contribution in [-0.4, -0.2) is 72.2 Å². The zero-order valence-electron chi connectivity index (χ0n) is 29.5. The molecule has 0 bridgehead atoms. The molecule has 1 aliphatic heterocycles. The third-order valence-corrected chi connectivity index (χ3v) is 9.95. The Hall–Kier alpha value is -0.330. The molecule has 1 saturated heterocycles. The molecule has 1 rings (SSSR count). The molecule has 0 radical (unpaired) electrons. The van der Waals surface area contributed by atoms with Crippen LogP contribution < -0.4 is 0 Å². The maximum atomic E-state index is 11.3. The molecule has 0 saturated carbocycles. The summed E-state index contributed by atoms with van der Waals surface area (Å²) in [5, 5.41) is 30.6. The molecule has 1 aliphatic rings. The lowest BCUT2D eigenvalue weighted by Gasteiger charge is -2.41. The fourth-order valence-electron chi connectivity index (χ4n) is 6.53. The number of hydrogen-bond donors (Lipinski definition) is 4. The van der Waals surface area contributed by atoms with E-state index in [1.807, 2.05) is 0 Å². The molecule has 0 aliphatic carbocycles. The van der Waals surface area contributed by atoms with Crippen molar-refractivity contribution in [3.8, 4) is 0 Å². The van der Waals surface area contributed by atoms with Crippen LogP contribution in [0.15, 0.2) is 0 Å². The molecular formula is C36H72O9S. The van der Waals surface area contributed by atoms with Crippen molar-refractivity contribution in [3.05, 3.63) is 0 Å². The highest BCUT2D eigenvalue weighted by Crippen LogP contribution is 2.27. The first kappa shape index (κ1) is 43.7. The van der Waals surface area contributed by atoms with Crippen LogP contribution in [0.25, 0.3) is 0 Å². The van der Waals surface area contributed by atoms with Gasteiger partial charge in [0.15, 0.2) is 6.29 Å². The molecule has 0 amide bonds. The Bertz CT molecular complexity index is 753. The Kier molecular flexibility index (Phi) is 27.1. The third-order valence-electron chi connectivity index (χ3n) is 9.48. The van der Waals surface area contributed by atoms with Crippen LogP contribution in [0.3, 0.4) is 0 Å². The largest absolute Gasteiger partial charge is 0.397 e. The number of aliphatic hydroxyl groups excluding tert-OH is 3. The Morgan fingerprint density at radius 2 is 0.978 bits per heavy atom. The lowest BCUT2D eigenvalue weighted by atomic mass is 9.94. The van der Waals surface area contributed by atoms with Gasteiger partial charge in [-0.25, -0.2) is 4.18 Å². The third kappa shape index (κ3) is 22.3. The van der Waals surface area contributed by atoms with Crippen molar-refractivity contribution in [3.63, 3.8) is 0 Å². The highest BCUT2D eigenvalue weighted by molar-refractivity contribution is 7.80.